The zero-order valence-electron chi connectivity index (χ0n) is 11.3. The third kappa shape index (κ3) is 3.85. The molecule has 0 spiro atoms. The maximum Gasteiger partial charge on any atom is 0.348 e. The molecule has 0 bridgehead atoms. The predicted octanol–water partition coefficient (Wildman–Crippen LogP) is 5.11. The van der Waals surface area contributed by atoms with Crippen LogP contribution in [-0.4, -0.2) is 15.0 Å². The lowest BCUT2D eigenvalue weighted by Crippen LogP contribution is -2.14. The first-order valence-electron chi connectivity index (χ1n) is 6.32. The number of aromatic nitrogens is 3. The van der Waals surface area contributed by atoms with Gasteiger partial charge in [0.1, 0.15) is 5.82 Å². The molecule has 0 saturated carbocycles. The first kappa shape index (κ1) is 16.3. The number of H-pyrrole nitrogens is 1. The van der Waals surface area contributed by atoms with Crippen LogP contribution in [0.4, 0.5) is 0 Å². The third-order valence-electron chi connectivity index (χ3n) is 2.91. The fraction of sp³-hybridized carbons (Fsp3) is 0. The summed E-state index contributed by atoms with van der Waals surface area (Å²) in [5.41, 5.74) is 0.538. The Kier molecular flexibility index (Phi) is 4.60. The average molecular weight is 387 g/mol. The van der Waals surface area contributed by atoms with Crippen LogP contribution < -0.4 is 5.69 Å². The van der Waals surface area contributed by atoms with Crippen LogP contribution in [0.15, 0.2) is 41.2 Å². The monoisotopic (exact) mass is 385 g/mol. The molecule has 0 atom stereocenters. The number of nitrogens with zero attached hydrogens (tertiary/aromatic N) is 2. The van der Waals surface area contributed by atoms with Gasteiger partial charge in [0.05, 0.1) is 0 Å². The molecule has 0 aliphatic carbocycles. The molecule has 2 aromatic carbocycles. The highest BCUT2D eigenvalue weighted by Gasteiger charge is 2.10. The van der Waals surface area contributed by atoms with Crippen molar-refractivity contribution in [2.24, 2.45) is 0 Å². The summed E-state index contributed by atoms with van der Waals surface area (Å²) >= 11 is 23.9. The van der Waals surface area contributed by atoms with E-state index in [1.54, 1.807) is 36.4 Å². The molecular formula is C15H7Cl4N3O. The van der Waals surface area contributed by atoms with Crippen molar-refractivity contribution in [2.75, 3.05) is 0 Å². The van der Waals surface area contributed by atoms with Crippen molar-refractivity contribution < 1.29 is 0 Å². The van der Waals surface area contributed by atoms with E-state index in [-0.39, 0.29) is 5.82 Å². The molecule has 3 rings (SSSR count). The highest BCUT2D eigenvalue weighted by Crippen LogP contribution is 2.27. The van der Waals surface area contributed by atoms with Crippen molar-refractivity contribution in [2.45, 2.75) is 0 Å². The van der Waals surface area contributed by atoms with E-state index in [9.17, 15) is 4.79 Å². The Balaban J connectivity index is 2.18. The minimum atomic E-state index is -0.558. The van der Waals surface area contributed by atoms with Crippen molar-refractivity contribution in [3.05, 3.63) is 67.0 Å². The summed E-state index contributed by atoms with van der Waals surface area (Å²) in [6.45, 7) is 0. The molecule has 0 fully saturated rings. The maximum atomic E-state index is 11.9. The Bertz CT molecular complexity index is 842. The van der Waals surface area contributed by atoms with Crippen LogP contribution in [-0.2, 0) is 0 Å². The Morgan fingerprint density at radius 2 is 1.17 bits per heavy atom. The number of nitrogens with one attached hydrogen (secondary N) is 1. The van der Waals surface area contributed by atoms with E-state index < -0.39 is 5.69 Å². The van der Waals surface area contributed by atoms with Gasteiger partial charge in [-0.1, -0.05) is 46.4 Å². The van der Waals surface area contributed by atoms with Crippen molar-refractivity contribution in [1.82, 2.24) is 15.0 Å². The largest absolute Gasteiger partial charge is 0.348 e. The van der Waals surface area contributed by atoms with Gasteiger partial charge in [-0.25, -0.2) is 9.78 Å². The number of hydrogen-bond donors (Lipinski definition) is 1. The molecule has 0 amide bonds. The molecule has 1 N–H and O–H groups in total. The third-order valence-corrected chi connectivity index (χ3v) is 3.78. The molecule has 116 valence electrons. The van der Waals surface area contributed by atoms with Gasteiger partial charge < -0.3 is 0 Å². The second-order valence-electron chi connectivity index (χ2n) is 4.64. The summed E-state index contributed by atoms with van der Waals surface area (Å²) in [6, 6.07) is 9.69. The summed E-state index contributed by atoms with van der Waals surface area (Å²) in [5.74, 6) is 0.491. The van der Waals surface area contributed by atoms with E-state index in [4.69, 9.17) is 46.4 Å². The van der Waals surface area contributed by atoms with Crippen molar-refractivity contribution in [1.29, 1.82) is 0 Å². The second-order valence-corrected chi connectivity index (χ2v) is 6.39. The van der Waals surface area contributed by atoms with Gasteiger partial charge in [-0.2, -0.15) is 4.98 Å². The molecule has 3 aromatic rings. The van der Waals surface area contributed by atoms with Gasteiger partial charge >= 0.3 is 5.69 Å². The Hall–Kier alpha value is -1.59. The van der Waals surface area contributed by atoms with Gasteiger partial charge in [-0.15, -0.1) is 0 Å². The fourth-order valence-electron chi connectivity index (χ4n) is 2.02. The number of rotatable bonds is 2. The zero-order chi connectivity index (χ0) is 16.6. The summed E-state index contributed by atoms with van der Waals surface area (Å²) in [7, 11) is 0. The molecule has 0 radical (unpaired) electrons. The minimum absolute atomic E-state index is 0.198. The van der Waals surface area contributed by atoms with Gasteiger partial charge in [0.25, 0.3) is 0 Å². The first-order chi connectivity index (χ1) is 10.9. The van der Waals surface area contributed by atoms with Gasteiger partial charge in [0, 0.05) is 31.2 Å². The lowest BCUT2D eigenvalue weighted by atomic mass is 10.2. The number of aromatic amines is 1. The van der Waals surface area contributed by atoms with Crippen LogP contribution >= 0.6 is 46.4 Å². The molecule has 0 aliphatic heterocycles. The fourth-order valence-corrected chi connectivity index (χ4v) is 3.08. The van der Waals surface area contributed by atoms with E-state index in [2.05, 4.69) is 15.0 Å². The topological polar surface area (TPSA) is 58.6 Å². The van der Waals surface area contributed by atoms with Crippen LogP contribution in [0.3, 0.4) is 0 Å². The number of benzene rings is 2. The molecule has 4 nitrogen and oxygen atoms in total. The van der Waals surface area contributed by atoms with Crippen molar-refractivity contribution >= 4 is 46.4 Å². The van der Waals surface area contributed by atoms with Crippen LogP contribution in [0, 0.1) is 0 Å². The van der Waals surface area contributed by atoms with E-state index in [0.29, 0.717) is 37.0 Å². The molecule has 1 aromatic heterocycles. The highest BCUT2D eigenvalue weighted by molar-refractivity contribution is 6.35. The number of hydrogen-bond acceptors (Lipinski definition) is 3. The second kappa shape index (κ2) is 6.49. The van der Waals surface area contributed by atoms with Crippen molar-refractivity contribution in [3.8, 4) is 22.8 Å². The average Bonchev–Trinajstić information content (AvgIpc) is 2.44. The predicted molar refractivity (Wildman–Crippen MR) is 93.6 cm³/mol. The summed E-state index contributed by atoms with van der Waals surface area (Å²) in [4.78, 5) is 22.6. The Morgan fingerprint density at radius 1 is 0.696 bits per heavy atom. The van der Waals surface area contributed by atoms with E-state index >= 15 is 0 Å². The van der Waals surface area contributed by atoms with Crippen LogP contribution in [0.5, 0.6) is 0 Å². The molecule has 0 unspecified atom stereocenters. The first-order valence-corrected chi connectivity index (χ1v) is 7.83. The minimum Gasteiger partial charge on any atom is -0.290 e. The lowest BCUT2D eigenvalue weighted by molar-refractivity contribution is 1.00. The summed E-state index contributed by atoms with van der Waals surface area (Å²) < 4.78 is 0. The molecular weight excluding hydrogens is 380 g/mol. The molecule has 8 heteroatoms. The van der Waals surface area contributed by atoms with E-state index in [1.165, 1.54) is 0 Å². The zero-order valence-corrected chi connectivity index (χ0v) is 14.3. The normalized spacial score (nSPS) is 10.8. The van der Waals surface area contributed by atoms with Crippen LogP contribution in [0.25, 0.3) is 22.8 Å². The van der Waals surface area contributed by atoms with Crippen molar-refractivity contribution in [3.63, 3.8) is 0 Å². The van der Waals surface area contributed by atoms with E-state index in [1.807, 2.05) is 0 Å². The molecule has 1 heterocycles. The Morgan fingerprint density at radius 3 is 1.70 bits per heavy atom. The smallest absolute Gasteiger partial charge is 0.290 e. The molecule has 0 saturated heterocycles. The summed E-state index contributed by atoms with van der Waals surface area (Å²) in [5, 5.41) is 1.70. The lowest BCUT2D eigenvalue weighted by Gasteiger charge is -2.06. The van der Waals surface area contributed by atoms with Crippen LogP contribution in [0.2, 0.25) is 20.1 Å². The Labute approximate surface area is 151 Å². The number of halogens is 4. The molecule has 0 aliphatic rings. The summed E-state index contributed by atoms with van der Waals surface area (Å²) in [6.07, 6.45) is 0. The van der Waals surface area contributed by atoms with E-state index in [0.717, 1.165) is 0 Å². The van der Waals surface area contributed by atoms with Gasteiger partial charge in [0.2, 0.25) is 0 Å². The standard InChI is InChI=1S/C15H7Cl4N3O/c16-9-1-7(2-10(17)5-9)13-20-14(22-15(23)21-13)8-3-11(18)6-12(19)4-8/h1-6H,(H,20,21,22,23). The maximum absolute atomic E-state index is 11.9. The van der Waals surface area contributed by atoms with Gasteiger partial charge in [-0.3, -0.25) is 4.98 Å². The quantitative estimate of drug-likeness (QED) is 0.665. The molecule has 23 heavy (non-hydrogen) atoms. The highest BCUT2D eigenvalue weighted by atomic mass is 35.5. The van der Waals surface area contributed by atoms with Crippen LogP contribution in [0.1, 0.15) is 0 Å². The van der Waals surface area contributed by atoms with Gasteiger partial charge in [-0.05, 0) is 36.4 Å². The SMILES string of the molecule is O=c1nc(-c2cc(Cl)cc(Cl)c2)nc(-c2cc(Cl)cc(Cl)c2)[nH]1. The van der Waals surface area contributed by atoms with Gasteiger partial charge in [0.15, 0.2) is 5.82 Å².